The van der Waals surface area contributed by atoms with Crippen LogP contribution < -0.4 is 11.1 Å². The number of aliphatic hydroxyl groups excluding tert-OH is 1. The van der Waals surface area contributed by atoms with E-state index in [1.54, 1.807) is 0 Å². The number of aliphatic hydroxyl groups is 1. The quantitative estimate of drug-likeness (QED) is 0.159. The molecule has 0 bridgehead atoms. The molecule has 10 heavy (non-hydrogen) atoms. The van der Waals surface area contributed by atoms with Crippen molar-refractivity contribution in [1.29, 1.82) is 5.41 Å². The third-order valence-electron chi connectivity index (χ3n) is 0.649. The van der Waals surface area contributed by atoms with E-state index in [0.717, 1.165) is 0 Å². The van der Waals surface area contributed by atoms with Crippen molar-refractivity contribution in [2.24, 2.45) is 5.73 Å². The van der Waals surface area contributed by atoms with E-state index in [9.17, 15) is 4.79 Å². The van der Waals surface area contributed by atoms with Crippen molar-refractivity contribution in [3.05, 3.63) is 0 Å². The topological polar surface area (TPSA) is 108 Å². The van der Waals surface area contributed by atoms with Gasteiger partial charge in [-0.1, -0.05) is 0 Å². The number of nitrogens with one attached hydrogen (secondary N) is 2. The lowest BCUT2D eigenvalue weighted by atomic mass is 10.6. The molecule has 0 aromatic heterocycles. The molecule has 0 aliphatic rings. The molecule has 0 aliphatic heterocycles. The maximum absolute atomic E-state index is 10.4. The zero-order valence-electron chi connectivity index (χ0n) is 5.26. The first kappa shape index (κ1) is 8.70. The molecule has 0 aromatic rings. The molecule has 0 rings (SSSR count). The van der Waals surface area contributed by atoms with Crippen LogP contribution in [0, 0.1) is 5.41 Å². The first-order chi connectivity index (χ1) is 4.66. The summed E-state index contributed by atoms with van der Waals surface area (Å²) in [4.78, 5) is 10.4. The van der Waals surface area contributed by atoms with Gasteiger partial charge in [-0.2, -0.15) is 0 Å². The third kappa shape index (κ3) is 4.85. The lowest BCUT2D eigenvalue weighted by molar-refractivity contribution is -0.150. The lowest BCUT2D eigenvalue weighted by Crippen LogP contribution is -2.35. The second-order valence-corrected chi connectivity index (χ2v) is 1.41. The van der Waals surface area contributed by atoms with Gasteiger partial charge in [0.25, 0.3) is 0 Å². The van der Waals surface area contributed by atoms with Gasteiger partial charge < -0.3 is 20.9 Å². The van der Waals surface area contributed by atoms with E-state index >= 15 is 0 Å². The molecule has 0 heterocycles. The fraction of sp³-hybridized carbons (Fsp3) is 0.500. The summed E-state index contributed by atoms with van der Waals surface area (Å²) >= 11 is 0. The number of hydrogen-bond acceptors (Lipinski definition) is 4. The van der Waals surface area contributed by atoms with Gasteiger partial charge in [-0.05, 0) is 0 Å². The first-order valence-electron chi connectivity index (χ1n) is 2.51. The van der Waals surface area contributed by atoms with Crippen molar-refractivity contribution in [2.75, 3.05) is 13.3 Å². The van der Waals surface area contributed by atoms with Gasteiger partial charge in [0.15, 0.2) is 12.8 Å². The van der Waals surface area contributed by atoms with Gasteiger partial charge in [0.1, 0.15) is 6.54 Å². The zero-order chi connectivity index (χ0) is 7.98. The maximum atomic E-state index is 10.4. The molecule has 0 aliphatic carbocycles. The molecule has 58 valence electrons. The van der Waals surface area contributed by atoms with Crippen molar-refractivity contribution >= 4 is 11.9 Å². The number of esters is 1. The summed E-state index contributed by atoms with van der Waals surface area (Å²) in [7, 11) is 0. The minimum absolute atomic E-state index is 0.199. The van der Waals surface area contributed by atoms with Crippen LogP contribution in [0.3, 0.4) is 0 Å². The average molecular weight is 147 g/mol. The summed E-state index contributed by atoms with van der Waals surface area (Å²) in [5.74, 6) is -0.965. The number of carbonyl (C=O) groups is 1. The second-order valence-electron chi connectivity index (χ2n) is 1.41. The van der Waals surface area contributed by atoms with Gasteiger partial charge in [0.2, 0.25) is 0 Å². The Labute approximate surface area is 57.5 Å². The minimum Gasteiger partial charge on any atom is -0.437 e. The van der Waals surface area contributed by atoms with Crippen molar-refractivity contribution in [2.45, 2.75) is 0 Å². The Morgan fingerprint density at radius 3 is 2.80 bits per heavy atom. The molecule has 0 saturated carbocycles. The van der Waals surface area contributed by atoms with E-state index in [1.807, 2.05) is 0 Å². The molecule has 0 saturated heterocycles. The number of nitrogens with two attached hydrogens (primary N) is 1. The van der Waals surface area contributed by atoms with Crippen LogP contribution in [0.25, 0.3) is 0 Å². The number of hydrogen-bond donors (Lipinski definition) is 4. The monoisotopic (exact) mass is 147 g/mol. The predicted molar refractivity (Wildman–Crippen MR) is 33.1 cm³/mol. The van der Waals surface area contributed by atoms with Gasteiger partial charge in [-0.25, -0.2) is 0 Å². The molecule has 0 spiro atoms. The second kappa shape index (κ2) is 4.57. The third-order valence-corrected chi connectivity index (χ3v) is 0.649. The Balaban J connectivity index is 3.30. The van der Waals surface area contributed by atoms with Crippen LogP contribution in [0.5, 0.6) is 0 Å². The Kier molecular flexibility index (Phi) is 3.97. The molecule has 5 N–H and O–H groups in total. The Morgan fingerprint density at radius 1 is 1.80 bits per heavy atom. The van der Waals surface area contributed by atoms with Crippen LogP contribution in [0.2, 0.25) is 0 Å². The molecule has 6 heteroatoms. The Morgan fingerprint density at radius 2 is 2.40 bits per heavy atom. The standard InChI is InChI=1S/C4H9N3O3/c5-4(6)7-1-3(9)10-2-8/h8H,1-2H2,(H4,5,6,7). The van der Waals surface area contributed by atoms with Gasteiger partial charge >= 0.3 is 5.97 Å². The van der Waals surface area contributed by atoms with Crippen LogP contribution in [0.4, 0.5) is 0 Å². The largest absolute Gasteiger partial charge is 0.437 e. The molecule has 0 unspecified atom stereocenters. The summed E-state index contributed by atoms with van der Waals surface area (Å²) in [5, 5.41) is 16.9. The summed E-state index contributed by atoms with van der Waals surface area (Å²) < 4.78 is 4.09. The normalized spacial score (nSPS) is 8.50. The highest BCUT2D eigenvalue weighted by atomic mass is 16.6. The van der Waals surface area contributed by atoms with Crippen LogP contribution in [-0.2, 0) is 9.53 Å². The van der Waals surface area contributed by atoms with E-state index in [0.29, 0.717) is 0 Å². The van der Waals surface area contributed by atoms with E-state index in [2.05, 4.69) is 10.1 Å². The fourth-order valence-electron chi connectivity index (χ4n) is 0.290. The van der Waals surface area contributed by atoms with Crippen LogP contribution >= 0.6 is 0 Å². The smallest absolute Gasteiger partial charge is 0.327 e. The van der Waals surface area contributed by atoms with E-state index in [-0.39, 0.29) is 12.5 Å². The molecule has 0 radical (unpaired) electrons. The summed E-state index contributed by atoms with van der Waals surface area (Å²) in [5.41, 5.74) is 4.84. The van der Waals surface area contributed by atoms with Crippen LogP contribution in [0.15, 0.2) is 0 Å². The van der Waals surface area contributed by atoms with Crippen LogP contribution in [-0.4, -0.2) is 30.4 Å². The average Bonchev–Trinajstić information content (AvgIpc) is 1.85. The molecular formula is C4H9N3O3. The van der Waals surface area contributed by atoms with Crippen molar-refractivity contribution in [3.8, 4) is 0 Å². The van der Waals surface area contributed by atoms with Crippen molar-refractivity contribution in [3.63, 3.8) is 0 Å². The summed E-state index contributed by atoms with van der Waals surface area (Å²) in [6.07, 6.45) is 0. The van der Waals surface area contributed by atoms with E-state index < -0.39 is 12.8 Å². The van der Waals surface area contributed by atoms with Gasteiger partial charge in [-0.15, -0.1) is 0 Å². The summed E-state index contributed by atoms with van der Waals surface area (Å²) in [6.45, 7) is -0.853. The Bertz CT molecular complexity index is 136. The van der Waals surface area contributed by atoms with E-state index in [4.69, 9.17) is 16.2 Å². The van der Waals surface area contributed by atoms with Crippen molar-refractivity contribution < 1.29 is 14.6 Å². The molecule has 0 amide bonds. The molecule has 0 aromatic carbocycles. The predicted octanol–water partition coefficient (Wildman–Crippen LogP) is -2.04. The highest BCUT2D eigenvalue weighted by Gasteiger charge is 1.99. The minimum atomic E-state index is -0.655. The number of rotatable bonds is 3. The van der Waals surface area contributed by atoms with Gasteiger partial charge in [-0.3, -0.25) is 10.2 Å². The first-order valence-corrected chi connectivity index (χ1v) is 2.51. The zero-order valence-corrected chi connectivity index (χ0v) is 5.26. The molecular weight excluding hydrogens is 138 g/mol. The van der Waals surface area contributed by atoms with Gasteiger partial charge in [0, 0.05) is 0 Å². The lowest BCUT2D eigenvalue weighted by Gasteiger charge is -2.01. The highest BCUT2D eigenvalue weighted by Crippen LogP contribution is 1.71. The number of guanidine groups is 1. The molecule has 6 nitrogen and oxygen atoms in total. The fourth-order valence-corrected chi connectivity index (χ4v) is 0.290. The van der Waals surface area contributed by atoms with E-state index in [1.165, 1.54) is 0 Å². The van der Waals surface area contributed by atoms with Gasteiger partial charge in [0.05, 0.1) is 0 Å². The number of carbonyl (C=O) groups excluding carboxylic acids is 1. The molecule has 0 atom stereocenters. The Hall–Kier alpha value is -1.30. The highest BCUT2D eigenvalue weighted by molar-refractivity contribution is 5.80. The number of ether oxygens (including phenoxy) is 1. The maximum Gasteiger partial charge on any atom is 0.327 e. The molecule has 0 fully saturated rings. The SMILES string of the molecule is N=C(N)NCC(=O)OCO. The van der Waals surface area contributed by atoms with Crippen LogP contribution in [0.1, 0.15) is 0 Å². The van der Waals surface area contributed by atoms with Crippen molar-refractivity contribution in [1.82, 2.24) is 5.32 Å². The summed E-state index contributed by atoms with van der Waals surface area (Å²) in [6, 6.07) is 0.